The van der Waals surface area contributed by atoms with E-state index in [1.54, 1.807) is 30.3 Å². The van der Waals surface area contributed by atoms with E-state index in [9.17, 15) is 30.3 Å². The fourth-order valence-electron chi connectivity index (χ4n) is 4.28. The molecule has 2 aliphatic heterocycles. The number of carbonyl (C=O) groups excluding carboxylic acids is 1. The normalized spacial score (nSPS) is 22.8. The van der Waals surface area contributed by atoms with Crippen molar-refractivity contribution in [1.82, 2.24) is 0 Å². The Hall–Kier alpha value is -4.15. The number of aliphatic hydroxyl groups is 2. The molecule has 5 N–H and O–H groups in total. The van der Waals surface area contributed by atoms with Crippen LogP contribution in [0.25, 0.3) is 0 Å². The van der Waals surface area contributed by atoms with Gasteiger partial charge in [0.15, 0.2) is 47.4 Å². The molecule has 0 amide bonds. The van der Waals surface area contributed by atoms with Crippen molar-refractivity contribution in [2.75, 3.05) is 13.7 Å². The summed E-state index contributed by atoms with van der Waals surface area (Å²) in [7, 11) is 1.41. The molecule has 0 radical (unpaired) electrons. The first-order valence-electron chi connectivity index (χ1n) is 10.7. The fraction of sp³-hybridized carbons (Fsp3) is 0.240. The maximum absolute atomic E-state index is 12.7. The topological polar surface area (TPSA) is 155 Å². The van der Waals surface area contributed by atoms with Gasteiger partial charge in [0.25, 0.3) is 0 Å². The van der Waals surface area contributed by atoms with Crippen LogP contribution in [0.2, 0.25) is 0 Å². The molecule has 182 valence electrons. The highest BCUT2D eigenvalue weighted by atomic mass is 16.6. The quantitative estimate of drug-likeness (QED) is 0.374. The third-order valence-corrected chi connectivity index (χ3v) is 6.00. The van der Waals surface area contributed by atoms with Gasteiger partial charge < -0.3 is 44.5 Å². The van der Waals surface area contributed by atoms with Crippen molar-refractivity contribution in [1.29, 1.82) is 0 Å². The van der Waals surface area contributed by atoms with E-state index in [1.165, 1.54) is 19.2 Å². The molecular weight excluding hydrogens is 460 g/mol. The summed E-state index contributed by atoms with van der Waals surface area (Å²) in [5.74, 6) is -0.823. The number of aliphatic hydroxyl groups excluding tert-OH is 2. The van der Waals surface area contributed by atoms with Crippen LogP contribution in [0.3, 0.4) is 0 Å². The van der Waals surface area contributed by atoms with E-state index < -0.39 is 35.9 Å². The van der Waals surface area contributed by atoms with Crippen LogP contribution in [0.1, 0.15) is 33.7 Å². The van der Waals surface area contributed by atoms with Gasteiger partial charge in [-0.15, -0.1) is 0 Å². The number of phenols is 3. The number of ether oxygens (including phenoxy) is 4. The molecule has 2 aliphatic rings. The summed E-state index contributed by atoms with van der Waals surface area (Å²) in [6.07, 6.45) is -4.28. The minimum Gasteiger partial charge on any atom is -0.508 e. The van der Waals surface area contributed by atoms with Crippen LogP contribution >= 0.6 is 0 Å². The Morgan fingerprint density at radius 3 is 2.29 bits per heavy atom. The number of Topliss-reactive ketones (excluding diaryl/α,β-unsaturated/α-hetero) is 1. The Kier molecular flexibility index (Phi) is 5.54. The van der Waals surface area contributed by atoms with Gasteiger partial charge in [0.1, 0.15) is 22.8 Å². The van der Waals surface area contributed by atoms with Gasteiger partial charge in [-0.3, -0.25) is 4.79 Å². The molecule has 0 fully saturated rings. The zero-order chi connectivity index (χ0) is 24.9. The van der Waals surface area contributed by atoms with Crippen LogP contribution in [0.5, 0.6) is 40.2 Å². The Morgan fingerprint density at radius 1 is 0.829 bits per heavy atom. The minimum absolute atomic E-state index is 0.0540. The largest absolute Gasteiger partial charge is 0.508 e. The van der Waals surface area contributed by atoms with Crippen LogP contribution in [-0.4, -0.2) is 57.2 Å². The maximum atomic E-state index is 12.7. The predicted molar refractivity (Wildman–Crippen MR) is 119 cm³/mol. The minimum atomic E-state index is -1.62. The van der Waals surface area contributed by atoms with Crippen molar-refractivity contribution in [2.24, 2.45) is 0 Å². The zero-order valence-corrected chi connectivity index (χ0v) is 18.4. The summed E-state index contributed by atoms with van der Waals surface area (Å²) in [5.41, 5.74) is 0.751. The lowest BCUT2D eigenvalue weighted by atomic mass is 9.92. The Labute approximate surface area is 199 Å². The van der Waals surface area contributed by atoms with E-state index in [1.807, 2.05) is 0 Å². The van der Waals surface area contributed by atoms with Gasteiger partial charge in [-0.1, -0.05) is 12.1 Å². The van der Waals surface area contributed by atoms with Gasteiger partial charge in [-0.05, 0) is 29.8 Å². The maximum Gasteiger partial charge on any atom is 0.202 e. The van der Waals surface area contributed by atoms with Crippen LogP contribution in [-0.2, 0) is 0 Å². The summed E-state index contributed by atoms with van der Waals surface area (Å²) < 4.78 is 23.0. The molecule has 0 aromatic heterocycles. The lowest BCUT2D eigenvalue weighted by molar-refractivity contribution is -0.0130. The molecule has 1 unspecified atom stereocenters. The van der Waals surface area contributed by atoms with Crippen LogP contribution in [0.15, 0.2) is 48.5 Å². The average molecular weight is 482 g/mol. The molecule has 0 spiro atoms. The molecule has 35 heavy (non-hydrogen) atoms. The molecular formula is C25H22O10. The molecule has 5 rings (SSSR count). The molecule has 0 saturated heterocycles. The highest BCUT2D eigenvalue weighted by molar-refractivity contribution is 6.05. The van der Waals surface area contributed by atoms with Gasteiger partial charge in [-0.25, -0.2) is 0 Å². The van der Waals surface area contributed by atoms with Gasteiger partial charge in [0, 0.05) is 17.7 Å². The molecule has 3 aromatic rings. The molecule has 2 heterocycles. The molecule has 3 aromatic carbocycles. The average Bonchev–Trinajstić information content (AvgIpc) is 2.85. The summed E-state index contributed by atoms with van der Waals surface area (Å²) >= 11 is 0. The fourth-order valence-corrected chi connectivity index (χ4v) is 4.28. The van der Waals surface area contributed by atoms with Gasteiger partial charge in [0.05, 0.1) is 13.7 Å². The zero-order valence-electron chi connectivity index (χ0n) is 18.4. The van der Waals surface area contributed by atoms with Crippen molar-refractivity contribution in [2.45, 2.75) is 24.4 Å². The van der Waals surface area contributed by atoms with Gasteiger partial charge in [-0.2, -0.15) is 0 Å². The highest BCUT2D eigenvalue weighted by Gasteiger charge is 2.40. The second-order valence-electron chi connectivity index (χ2n) is 8.20. The van der Waals surface area contributed by atoms with Crippen molar-refractivity contribution >= 4 is 5.78 Å². The number of benzene rings is 3. The number of phenolic OH excluding ortho intramolecular Hbond substituents is 3. The first-order chi connectivity index (χ1) is 16.8. The monoisotopic (exact) mass is 482 g/mol. The first kappa shape index (κ1) is 22.6. The van der Waals surface area contributed by atoms with Crippen molar-refractivity contribution < 1.29 is 49.3 Å². The Morgan fingerprint density at radius 2 is 1.54 bits per heavy atom. The molecule has 0 aliphatic carbocycles. The Balaban J connectivity index is 1.49. The number of aromatic hydroxyl groups is 3. The van der Waals surface area contributed by atoms with Gasteiger partial charge >= 0.3 is 0 Å². The predicted octanol–water partition coefficient (Wildman–Crippen LogP) is 2.36. The third-order valence-electron chi connectivity index (χ3n) is 6.00. The summed E-state index contributed by atoms with van der Waals surface area (Å²) in [4.78, 5) is 12.7. The van der Waals surface area contributed by atoms with E-state index in [2.05, 4.69) is 0 Å². The molecule has 10 heteroatoms. The smallest absolute Gasteiger partial charge is 0.202 e. The lowest BCUT2D eigenvalue weighted by Gasteiger charge is -2.35. The Bertz CT molecular complexity index is 1300. The van der Waals surface area contributed by atoms with Crippen molar-refractivity contribution in [3.8, 4) is 40.2 Å². The van der Waals surface area contributed by atoms with Gasteiger partial charge in [0.2, 0.25) is 5.78 Å². The molecule has 10 nitrogen and oxygen atoms in total. The van der Waals surface area contributed by atoms with Crippen LogP contribution in [0.4, 0.5) is 0 Å². The second-order valence-corrected chi connectivity index (χ2v) is 8.20. The van der Waals surface area contributed by atoms with Crippen molar-refractivity contribution in [3.63, 3.8) is 0 Å². The van der Waals surface area contributed by atoms with E-state index >= 15 is 0 Å². The number of ketones is 1. The number of hydrogen-bond donors (Lipinski definition) is 5. The number of rotatable bonds is 4. The number of methoxy groups -OCH3 is 1. The van der Waals surface area contributed by atoms with E-state index in [-0.39, 0.29) is 40.9 Å². The van der Waals surface area contributed by atoms with Crippen LogP contribution in [0, 0.1) is 0 Å². The van der Waals surface area contributed by atoms with E-state index in [0.29, 0.717) is 16.9 Å². The first-order valence-corrected chi connectivity index (χ1v) is 10.7. The number of carbonyl (C=O) groups is 1. The summed E-state index contributed by atoms with van der Waals surface area (Å²) in [6.45, 7) is -0.349. The number of fused-ring (bicyclic) bond motifs is 2. The summed E-state index contributed by atoms with van der Waals surface area (Å²) in [6, 6.07) is 11.5. The molecule has 0 saturated carbocycles. The standard InChI is InChI=1S/C25H22O10/c1-32-17-6-11(2-4-14(17)28)24-20(10-26)33-16-5-3-12(7-18(16)34-24)25-23(31)22(30)21-15(29)8-13(27)9-19(21)35-25/h2-9,20,23-29,31H,10H2,1H3/t20-,23?,24+,25-/m0/s1. The molecule has 0 bridgehead atoms. The number of hydrogen-bond acceptors (Lipinski definition) is 10. The van der Waals surface area contributed by atoms with Crippen LogP contribution < -0.4 is 18.9 Å². The summed E-state index contributed by atoms with van der Waals surface area (Å²) in [5, 5.41) is 50.2. The SMILES string of the molecule is COc1cc([C@H]2Oc3cc([C@@H]4Oc5cc(O)cc(O)c5C(=O)C4O)ccc3O[C@H]2CO)ccc1O. The van der Waals surface area contributed by atoms with E-state index in [4.69, 9.17) is 18.9 Å². The lowest BCUT2D eigenvalue weighted by Crippen LogP contribution is -2.37. The van der Waals surface area contributed by atoms with Crippen molar-refractivity contribution in [3.05, 3.63) is 65.2 Å². The third kappa shape index (κ3) is 3.82. The highest BCUT2D eigenvalue weighted by Crippen LogP contribution is 2.45. The van der Waals surface area contributed by atoms with E-state index in [0.717, 1.165) is 6.07 Å². The molecule has 4 atom stereocenters. The second kappa shape index (κ2) is 8.57.